The largest absolute Gasteiger partial charge is 0.324 e. The van der Waals surface area contributed by atoms with E-state index in [1.165, 1.54) is 6.07 Å². The van der Waals surface area contributed by atoms with Crippen LogP contribution in [0, 0.1) is 5.82 Å². The van der Waals surface area contributed by atoms with Crippen molar-refractivity contribution < 1.29 is 4.39 Å². The lowest BCUT2D eigenvalue weighted by Gasteiger charge is -2.12. The quantitative estimate of drug-likeness (QED) is 0.876. The maximum absolute atomic E-state index is 13.7. The second-order valence-corrected chi connectivity index (χ2v) is 5.70. The number of benzene rings is 1. The topological polar surface area (TPSA) is 26.0 Å². The van der Waals surface area contributed by atoms with Crippen molar-refractivity contribution in [1.82, 2.24) is 0 Å². The molecule has 1 heterocycles. The van der Waals surface area contributed by atoms with Crippen molar-refractivity contribution in [3.8, 4) is 0 Å². The van der Waals surface area contributed by atoms with Gasteiger partial charge in [-0.1, -0.05) is 23.7 Å². The zero-order valence-corrected chi connectivity index (χ0v) is 11.9. The van der Waals surface area contributed by atoms with Gasteiger partial charge in [-0.15, -0.1) is 0 Å². The van der Waals surface area contributed by atoms with E-state index in [0.717, 1.165) is 10.0 Å². The summed E-state index contributed by atoms with van der Waals surface area (Å²) in [6, 6.07) is 4.74. The molecule has 0 bridgehead atoms. The highest BCUT2D eigenvalue weighted by Crippen LogP contribution is 2.29. The highest BCUT2D eigenvalue weighted by atomic mass is 79.9. The van der Waals surface area contributed by atoms with Crippen molar-refractivity contribution in [2.24, 2.45) is 5.73 Å². The maximum Gasteiger partial charge on any atom is 0.145 e. The van der Waals surface area contributed by atoms with Crippen LogP contribution in [0.4, 0.5) is 4.39 Å². The molecule has 90 valence electrons. The molecule has 2 N–H and O–H groups in total. The number of hydrogen-bond acceptors (Lipinski definition) is 2. The molecule has 0 aliphatic heterocycles. The smallest absolute Gasteiger partial charge is 0.145 e. The molecule has 2 rings (SSSR count). The molecule has 0 spiro atoms. The Hall–Kier alpha value is -0.420. The van der Waals surface area contributed by atoms with Gasteiger partial charge in [0, 0.05) is 15.9 Å². The summed E-state index contributed by atoms with van der Waals surface area (Å²) in [4.78, 5) is 0. The average Bonchev–Trinajstić information content (AvgIpc) is 2.71. The lowest BCUT2D eigenvalue weighted by molar-refractivity contribution is 0.593. The van der Waals surface area contributed by atoms with Crippen molar-refractivity contribution in [3.63, 3.8) is 0 Å². The molecule has 1 aromatic carbocycles. The van der Waals surface area contributed by atoms with Gasteiger partial charge < -0.3 is 5.73 Å². The Balaban J connectivity index is 2.22. The fraction of sp³-hybridized carbons (Fsp3) is 0.167. The Morgan fingerprint density at radius 3 is 2.82 bits per heavy atom. The minimum atomic E-state index is -0.379. The summed E-state index contributed by atoms with van der Waals surface area (Å²) in [5.74, 6) is -0.379. The summed E-state index contributed by atoms with van der Waals surface area (Å²) in [7, 11) is 0. The van der Waals surface area contributed by atoms with Crippen LogP contribution in [0.5, 0.6) is 0 Å². The minimum absolute atomic E-state index is 0.138. The van der Waals surface area contributed by atoms with E-state index in [2.05, 4.69) is 15.9 Å². The van der Waals surface area contributed by atoms with Crippen LogP contribution in [0.25, 0.3) is 0 Å². The molecule has 0 amide bonds. The summed E-state index contributed by atoms with van der Waals surface area (Å²) in [5, 5.41) is 4.07. The van der Waals surface area contributed by atoms with Gasteiger partial charge >= 0.3 is 0 Å². The van der Waals surface area contributed by atoms with E-state index in [4.69, 9.17) is 17.3 Å². The van der Waals surface area contributed by atoms with Crippen LogP contribution < -0.4 is 5.73 Å². The van der Waals surface area contributed by atoms with E-state index in [1.807, 2.05) is 10.8 Å². The minimum Gasteiger partial charge on any atom is -0.324 e. The molecule has 2 aromatic rings. The van der Waals surface area contributed by atoms with E-state index in [0.29, 0.717) is 12.0 Å². The number of halogens is 3. The van der Waals surface area contributed by atoms with E-state index in [-0.39, 0.29) is 16.9 Å². The van der Waals surface area contributed by atoms with Gasteiger partial charge in [0.2, 0.25) is 0 Å². The fourth-order valence-corrected chi connectivity index (χ4v) is 3.46. The average molecular weight is 335 g/mol. The number of nitrogens with two attached hydrogens (primary N) is 1. The Kier molecular flexibility index (Phi) is 4.20. The van der Waals surface area contributed by atoms with Crippen LogP contribution >= 0.6 is 38.9 Å². The Morgan fingerprint density at radius 2 is 2.18 bits per heavy atom. The molecule has 1 nitrogen and oxygen atoms in total. The van der Waals surface area contributed by atoms with Gasteiger partial charge in [0.05, 0.1) is 5.02 Å². The first-order chi connectivity index (χ1) is 8.09. The molecular weight excluding hydrogens is 325 g/mol. The monoisotopic (exact) mass is 333 g/mol. The van der Waals surface area contributed by atoms with Crippen molar-refractivity contribution in [1.29, 1.82) is 0 Å². The van der Waals surface area contributed by atoms with Crippen LogP contribution in [0.1, 0.15) is 17.2 Å². The Labute approximate surface area is 117 Å². The summed E-state index contributed by atoms with van der Waals surface area (Å²) in [6.07, 6.45) is 0.432. The van der Waals surface area contributed by atoms with Gasteiger partial charge in [-0.2, -0.15) is 11.3 Å². The van der Waals surface area contributed by atoms with Crippen molar-refractivity contribution in [2.45, 2.75) is 12.5 Å². The third-order valence-corrected chi connectivity index (χ3v) is 4.56. The van der Waals surface area contributed by atoms with Crippen LogP contribution in [0.3, 0.4) is 0 Å². The van der Waals surface area contributed by atoms with Crippen molar-refractivity contribution in [3.05, 3.63) is 55.4 Å². The molecule has 0 radical (unpaired) electrons. The first-order valence-electron chi connectivity index (χ1n) is 4.99. The molecule has 1 atom stereocenters. The summed E-state index contributed by atoms with van der Waals surface area (Å²) >= 11 is 10.7. The van der Waals surface area contributed by atoms with Gasteiger partial charge in [-0.3, -0.25) is 0 Å². The highest BCUT2D eigenvalue weighted by Gasteiger charge is 2.14. The molecule has 0 saturated carbocycles. The highest BCUT2D eigenvalue weighted by molar-refractivity contribution is 9.10. The van der Waals surface area contributed by atoms with Crippen LogP contribution in [0.15, 0.2) is 33.4 Å². The second kappa shape index (κ2) is 5.48. The van der Waals surface area contributed by atoms with E-state index >= 15 is 0 Å². The molecule has 0 saturated heterocycles. The standard InChI is InChI=1S/C12H10BrClFNS/c13-9-6-17-5-8(9)11(16)4-7-2-1-3-10(14)12(7)15/h1-3,5-6,11H,4,16H2. The SMILES string of the molecule is NC(Cc1cccc(Cl)c1F)c1cscc1Br. The molecule has 1 aromatic heterocycles. The first-order valence-corrected chi connectivity index (χ1v) is 7.11. The summed E-state index contributed by atoms with van der Waals surface area (Å²) < 4.78 is 14.7. The zero-order valence-electron chi connectivity index (χ0n) is 8.79. The lowest BCUT2D eigenvalue weighted by Crippen LogP contribution is -2.13. The van der Waals surface area contributed by atoms with Gasteiger partial charge in [-0.05, 0) is 44.9 Å². The molecule has 5 heteroatoms. The Morgan fingerprint density at radius 1 is 1.41 bits per heavy atom. The number of rotatable bonds is 3. The van der Waals surface area contributed by atoms with Crippen molar-refractivity contribution in [2.75, 3.05) is 0 Å². The molecule has 0 aliphatic carbocycles. The zero-order chi connectivity index (χ0) is 12.4. The molecule has 17 heavy (non-hydrogen) atoms. The van der Waals surface area contributed by atoms with Gasteiger partial charge in [0.25, 0.3) is 0 Å². The Bertz CT molecular complexity index is 529. The second-order valence-electron chi connectivity index (χ2n) is 3.70. The predicted molar refractivity (Wildman–Crippen MR) is 74.1 cm³/mol. The molecule has 0 fully saturated rings. The molecular formula is C12H10BrClFNS. The first kappa shape index (κ1) is 13.0. The third-order valence-electron chi connectivity index (χ3n) is 2.51. The van der Waals surface area contributed by atoms with E-state index in [9.17, 15) is 4.39 Å². The number of hydrogen-bond donors (Lipinski definition) is 1. The van der Waals surface area contributed by atoms with E-state index in [1.54, 1.807) is 23.5 Å². The predicted octanol–water partition coefficient (Wildman–Crippen LogP) is 4.55. The van der Waals surface area contributed by atoms with Crippen LogP contribution in [-0.2, 0) is 6.42 Å². The lowest BCUT2D eigenvalue weighted by atomic mass is 10.0. The molecule has 1 unspecified atom stereocenters. The summed E-state index contributed by atoms with van der Waals surface area (Å²) in [6.45, 7) is 0. The van der Waals surface area contributed by atoms with Gasteiger partial charge in [-0.25, -0.2) is 4.39 Å². The van der Waals surface area contributed by atoms with Gasteiger partial charge in [0.15, 0.2) is 0 Å². The van der Waals surface area contributed by atoms with Crippen molar-refractivity contribution >= 4 is 38.9 Å². The van der Waals surface area contributed by atoms with Crippen LogP contribution in [-0.4, -0.2) is 0 Å². The summed E-state index contributed by atoms with van der Waals surface area (Å²) in [5.41, 5.74) is 7.60. The fourth-order valence-electron chi connectivity index (χ4n) is 1.61. The van der Waals surface area contributed by atoms with Gasteiger partial charge in [0.1, 0.15) is 5.82 Å². The van der Waals surface area contributed by atoms with Crippen LogP contribution in [0.2, 0.25) is 5.02 Å². The number of thiophene rings is 1. The molecule has 0 aliphatic rings. The normalized spacial score (nSPS) is 12.7. The maximum atomic E-state index is 13.7. The van der Waals surface area contributed by atoms with E-state index < -0.39 is 0 Å². The third kappa shape index (κ3) is 2.88.